The van der Waals surface area contributed by atoms with Crippen molar-refractivity contribution in [2.75, 3.05) is 0 Å². The second kappa shape index (κ2) is 6.54. The minimum atomic E-state index is -4.39. The lowest BCUT2D eigenvalue weighted by atomic mass is 9.47. The van der Waals surface area contributed by atoms with Gasteiger partial charge in [-0.1, -0.05) is 25.5 Å². The van der Waals surface area contributed by atoms with Crippen LogP contribution >= 0.6 is 0 Å². The molecular weight excluding hydrogens is 364 g/mol. The second-order valence-corrected chi connectivity index (χ2v) is 11.2. The topological polar surface area (TPSA) is 83.8 Å². The Kier molecular flexibility index (Phi) is 4.81. The molecule has 8 atom stereocenters. The van der Waals surface area contributed by atoms with Gasteiger partial charge in [-0.25, -0.2) is 4.18 Å². The van der Waals surface area contributed by atoms with Gasteiger partial charge in [0.25, 0.3) is 0 Å². The van der Waals surface area contributed by atoms with E-state index in [0.29, 0.717) is 36.5 Å². The summed E-state index contributed by atoms with van der Waals surface area (Å²) in [5.74, 6) is 2.40. The largest absolute Gasteiger partial charge is 0.397 e. The van der Waals surface area contributed by atoms with Gasteiger partial charge in [-0.2, -0.15) is 8.42 Å². The zero-order valence-corrected chi connectivity index (χ0v) is 17.5. The second-order valence-electron chi connectivity index (χ2n) is 10.1. The van der Waals surface area contributed by atoms with Gasteiger partial charge in [0.1, 0.15) is 0 Å². The van der Waals surface area contributed by atoms with Crippen LogP contribution in [0.4, 0.5) is 0 Å². The van der Waals surface area contributed by atoms with Crippen molar-refractivity contribution in [1.29, 1.82) is 0 Å². The highest BCUT2D eigenvalue weighted by Crippen LogP contribution is 2.66. The number of allylic oxidation sites excluding steroid dienone is 1. The van der Waals surface area contributed by atoms with Crippen molar-refractivity contribution >= 4 is 10.4 Å². The maximum Gasteiger partial charge on any atom is 0.397 e. The van der Waals surface area contributed by atoms with Gasteiger partial charge in [0, 0.05) is 0 Å². The maximum absolute atomic E-state index is 11.1. The van der Waals surface area contributed by atoms with Crippen molar-refractivity contribution in [2.45, 2.75) is 84.3 Å². The summed E-state index contributed by atoms with van der Waals surface area (Å²) in [4.78, 5) is 0. The van der Waals surface area contributed by atoms with Crippen LogP contribution in [0, 0.1) is 34.5 Å². The highest BCUT2D eigenvalue weighted by molar-refractivity contribution is 7.80. The average Bonchev–Trinajstić information content (AvgIpc) is 2.91. The summed E-state index contributed by atoms with van der Waals surface area (Å²) in [7, 11) is -4.39. The number of hydrogen-bond acceptors (Lipinski definition) is 4. The van der Waals surface area contributed by atoms with E-state index in [4.69, 9.17) is 8.74 Å². The zero-order valence-electron chi connectivity index (χ0n) is 16.7. The van der Waals surface area contributed by atoms with E-state index < -0.39 is 16.5 Å². The molecule has 0 aromatic carbocycles. The van der Waals surface area contributed by atoms with Crippen molar-refractivity contribution in [1.82, 2.24) is 0 Å². The number of fused-ring (bicyclic) bond motifs is 5. The highest BCUT2D eigenvalue weighted by Gasteiger charge is 2.59. The molecule has 5 nitrogen and oxygen atoms in total. The van der Waals surface area contributed by atoms with Crippen molar-refractivity contribution in [3.63, 3.8) is 0 Å². The summed E-state index contributed by atoms with van der Waals surface area (Å²) in [5.41, 5.74) is 1.70. The van der Waals surface area contributed by atoms with Gasteiger partial charge in [-0.3, -0.25) is 4.55 Å². The van der Waals surface area contributed by atoms with E-state index in [9.17, 15) is 13.5 Å². The van der Waals surface area contributed by atoms with Gasteiger partial charge in [0.05, 0.1) is 12.2 Å². The van der Waals surface area contributed by atoms with Gasteiger partial charge < -0.3 is 5.11 Å². The van der Waals surface area contributed by atoms with Crippen LogP contribution in [0.3, 0.4) is 0 Å². The molecule has 0 bridgehead atoms. The summed E-state index contributed by atoms with van der Waals surface area (Å²) in [5, 5.41) is 10.3. The molecule has 0 heterocycles. The quantitative estimate of drug-likeness (QED) is 0.551. The van der Waals surface area contributed by atoms with Crippen LogP contribution < -0.4 is 0 Å². The minimum Gasteiger partial charge on any atom is -0.393 e. The Morgan fingerprint density at radius 1 is 1.15 bits per heavy atom. The first kappa shape index (κ1) is 19.9. The summed E-state index contributed by atoms with van der Waals surface area (Å²) in [6.07, 6.45) is 9.69. The standard InChI is InChI=1S/C21H34O5S/c1-13(22)17-6-7-18-16-5-4-14-12-15(26-27(23,24)25)8-10-20(14,2)19(16)9-11-21(17,18)3/h4,13,15-19,22H,5-12H2,1-3H3,(H,23,24,25)/t13-,15+,16+,17?,18+,19+,20+,21-/m1/s1. The summed E-state index contributed by atoms with van der Waals surface area (Å²) >= 11 is 0. The predicted molar refractivity (Wildman–Crippen MR) is 103 cm³/mol. The Labute approximate surface area is 163 Å². The molecule has 3 saturated carbocycles. The molecule has 3 fully saturated rings. The number of aliphatic hydroxyl groups excluding tert-OH is 1. The Hall–Kier alpha value is -0.430. The Morgan fingerprint density at radius 2 is 1.89 bits per heavy atom. The van der Waals surface area contributed by atoms with Crippen molar-refractivity contribution in [3.05, 3.63) is 11.6 Å². The van der Waals surface area contributed by atoms with Crippen LogP contribution in [0.1, 0.15) is 72.1 Å². The Bertz CT molecular complexity index is 729. The smallest absolute Gasteiger partial charge is 0.393 e. The van der Waals surface area contributed by atoms with E-state index in [1.807, 2.05) is 6.92 Å². The lowest BCUT2D eigenvalue weighted by molar-refractivity contribution is -0.0666. The van der Waals surface area contributed by atoms with Crippen LogP contribution in [0.5, 0.6) is 0 Å². The predicted octanol–water partition coefficient (Wildman–Crippen LogP) is 4.13. The van der Waals surface area contributed by atoms with E-state index in [-0.39, 0.29) is 16.9 Å². The summed E-state index contributed by atoms with van der Waals surface area (Å²) < 4.78 is 36.1. The third-order valence-electron chi connectivity index (χ3n) is 8.97. The zero-order chi connectivity index (χ0) is 19.6. The van der Waals surface area contributed by atoms with Crippen LogP contribution in [0.25, 0.3) is 0 Å². The fourth-order valence-corrected chi connectivity index (χ4v) is 8.22. The maximum atomic E-state index is 11.1. The lowest BCUT2D eigenvalue weighted by Gasteiger charge is -2.58. The molecule has 4 rings (SSSR count). The SMILES string of the molecule is C[C@@H](O)C1CC[C@H]2[C@@H]3CC=C4C[C@@H](OS(=O)(=O)O)CC[C@]4(C)[C@H]3CC[C@]12C. The van der Waals surface area contributed by atoms with Gasteiger partial charge in [0.2, 0.25) is 0 Å². The number of rotatable bonds is 3. The van der Waals surface area contributed by atoms with Crippen LogP contribution in [0.15, 0.2) is 11.6 Å². The van der Waals surface area contributed by atoms with E-state index in [2.05, 4.69) is 19.9 Å². The van der Waals surface area contributed by atoms with E-state index >= 15 is 0 Å². The molecule has 0 aliphatic heterocycles. The molecule has 2 N–H and O–H groups in total. The molecule has 27 heavy (non-hydrogen) atoms. The van der Waals surface area contributed by atoms with Gasteiger partial charge in [-0.05, 0) is 92.8 Å². The molecule has 0 amide bonds. The molecular formula is C21H34O5S. The molecule has 0 aromatic heterocycles. The molecule has 0 aromatic rings. The first-order valence-corrected chi connectivity index (χ1v) is 11.9. The Morgan fingerprint density at radius 3 is 2.56 bits per heavy atom. The van der Waals surface area contributed by atoms with Crippen molar-refractivity contribution in [2.24, 2.45) is 34.5 Å². The average molecular weight is 399 g/mol. The first-order valence-electron chi connectivity index (χ1n) is 10.6. The monoisotopic (exact) mass is 398 g/mol. The highest BCUT2D eigenvalue weighted by atomic mass is 32.3. The third kappa shape index (κ3) is 3.21. The fraction of sp³-hybridized carbons (Fsp3) is 0.905. The molecule has 0 spiro atoms. The van der Waals surface area contributed by atoms with Crippen molar-refractivity contribution in [3.8, 4) is 0 Å². The molecule has 4 aliphatic rings. The molecule has 154 valence electrons. The number of hydrogen-bond donors (Lipinski definition) is 2. The first-order chi connectivity index (χ1) is 12.5. The van der Waals surface area contributed by atoms with Crippen LogP contribution in [0.2, 0.25) is 0 Å². The molecule has 6 heteroatoms. The molecule has 1 unspecified atom stereocenters. The molecule has 0 radical (unpaired) electrons. The third-order valence-corrected chi connectivity index (χ3v) is 9.49. The summed E-state index contributed by atoms with van der Waals surface area (Å²) in [6.45, 7) is 6.74. The minimum absolute atomic E-state index is 0.117. The molecule has 0 saturated heterocycles. The normalized spacial score (nSPS) is 48.2. The van der Waals surface area contributed by atoms with E-state index in [0.717, 1.165) is 19.3 Å². The fourth-order valence-electron chi connectivity index (χ4n) is 7.71. The van der Waals surface area contributed by atoms with Crippen LogP contribution in [-0.4, -0.2) is 30.3 Å². The van der Waals surface area contributed by atoms with Gasteiger partial charge in [0.15, 0.2) is 0 Å². The molecule has 4 aliphatic carbocycles. The van der Waals surface area contributed by atoms with Gasteiger partial charge >= 0.3 is 10.4 Å². The van der Waals surface area contributed by atoms with Crippen molar-refractivity contribution < 1.29 is 22.3 Å². The summed E-state index contributed by atoms with van der Waals surface area (Å²) in [6, 6.07) is 0. The lowest BCUT2D eigenvalue weighted by Crippen LogP contribution is -2.51. The van der Waals surface area contributed by atoms with Crippen LogP contribution in [-0.2, 0) is 14.6 Å². The Balaban J connectivity index is 1.57. The van der Waals surface area contributed by atoms with E-state index in [1.54, 1.807) is 0 Å². The number of aliphatic hydroxyl groups is 1. The van der Waals surface area contributed by atoms with Gasteiger partial charge in [-0.15, -0.1) is 0 Å². The van der Waals surface area contributed by atoms with E-state index in [1.165, 1.54) is 24.8 Å².